The third-order valence-electron chi connectivity index (χ3n) is 8.52. The van der Waals surface area contributed by atoms with Crippen molar-refractivity contribution < 1.29 is 40.7 Å². The number of rotatable bonds is 8. The summed E-state index contributed by atoms with van der Waals surface area (Å²) in [5.41, 5.74) is -1.22. The molecule has 2 amide bonds. The fraction of sp³-hybridized carbons (Fsp3) is 0.237. The molecule has 0 saturated carbocycles. The van der Waals surface area contributed by atoms with Crippen LogP contribution >= 0.6 is 7.26 Å². The lowest BCUT2D eigenvalue weighted by atomic mass is 9.79. The number of esters is 1. The van der Waals surface area contributed by atoms with Gasteiger partial charge >= 0.3 is 5.97 Å². The van der Waals surface area contributed by atoms with Gasteiger partial charge in [0.15, 0.2) is 0 Å². The number of fused-ring (bicyclic) bond motifs is 1. The Labute approximate surface area is 296 Å². The molecular weight excluding hydrogens is 707 g/mol. The predicted molar refractivity (Wildman–Crippen MR) is 188 cm³/mol. The lowest BCUT2D eigenvalue weighted by Gasteiger charge is -2.56. The number of hydrogen-bond donors (Lipinski definition) is 1. The average Bonchev–Trinajstić information content (AvgIpc) is 3.06. The lowest BCUT2D eigenvalue weighted by Crippen LogP contribution is -3.00. The summed E-state index contributed by atoms with van der Waals surface area (Å²) >= 11 is -1.69. The van der Waals surface area contributed by atoms with Crippen LogP contribution in [0.25, 0.3) is 0 Å². The highest BCUT2D eigenvalue weighted by Gasteiger charge is 2.72. The molecule has 0 aromatic heterocycles. The number of halogens is 1. The monoisotopic (exact) mass is 744 g/mol. The van der Waals surface area contributed by atoms with Crippen LogP contribution in [0.4, 0.5) is 0 Å². The first kappa shape index (κ1) is 35.6. The number of carbonyl (C=O) groups excluding carboxylic acids is 3. The van der Waals surface area contributed by atoms with Crippen LogP contribution in [0.1, 0.15) is 33.3 Å². The summed E-state index contributed by atoms with van der Waals surface area (Å²) < 4.78 is 20.5. The molecule has 248 valence electrons. The van der Waals surface area contributed by atoms with Crippen molar-refractivity contribution in [1.82, 2.24) is 10.2 Å². The van der Waals surface area contributed by atoms with Gasteiger partial charge in [0.1, 0.15) is 46.4 Å². The minimum atomic E-state index is -2.54. The van der Waals surface area contributed by atoms with Gasteiger partial charge in [0.05, 0.1) is 0 Å². The van der Waals surface area contributed by atoms with Gasteiger partial charge in [-0.05, 0) is 73.9 Å². The van der Waals surface area contributed by atoms with Crippen LogP contribution in [0.15, 0.2) is 133 Å². The molecule has 2 heterocycles. The Morgan fingerprint density at radius 2 is 1.29 bits per heavy atom. The summed E-state index contributed by atoms with van der Waals surface area (Å²) in [7, 11) is -2.54. The highest BCUT2D eigenvalue weighted by Crippen LogP contribution is 2.59. The SMILES string of the molecule is CC(=O)N[C@]1(c2ccccc2)C(=O)N2C(C(=O)OC(C)(C)C)=C(C[P+](c3ccccc3)(c3ccccc3)c3ccccc3)C[S+]([O-])[C@@H]21.[Br-]. The molecule has 0 bridgehead atoms. The van der Waals surface area contributed by atoms with Gasteiger partial charge in [-0.2, -0.15) is 0 Å². The highest BCUT2D eigenvalue weighted by molar-refractivity contribution is 7.96. The number of nitrogens with one attached hydrogen (secondary N) is 1. The van der Waals surface area contributed by atoms with Crippen molar-refractivity contribution in [2.75, 3.05) is 11.9 Å². The Morgan fingerprint density at radius 3 is 1.71 bits per heavy atom. The topological polar surface area (TPSA) is 98.8 Å². The predicted octanol–water partition coefficient (Wildman–Crippen LogP) is 1.54. The van der Waals surface area contributed by atoms with Crippen LogP contribution < -0.4 is 38.2 Å². The zero-order chi connectivity index (χ0) is 33.4. The minimum absolute atomic E-state index is 0. The van der Waals surface area contributed by atoms with Crippen LogP contribution in [-0.2, 0) is 35.8 Å². The molecular formula is C38H38BrN2O5PS. The van der Waals surface area contributed by atoms with Crippen molar-refractivity contribution in [3.05, 3.63) is 138 Å². The van der Waals surface area contributed by atoms with Crippen molar-refractivity contribution in [2.24, 2.45) is 0 Å². The maximum atomic E-state index is 14.5. The Balaban J connectivity index is 0.00000451. The van der Waals surface area contributed by atoms with Crippen LogP contribution in [-0.4, -0.2) is 50.1 Å². The van der Waals surface area contributed by atoms with E-state index in [2.05, 4.69) is 41.7 Å². The maximum absolute atomic E-state index is 14.5. The Morgan fingerprint density at radius 1 is 0.854 bits per heavy atom. The highest BCUT2D eigenvalue weighted by atomic mass is 79.9. The van der Waals surface area contributed by atoms with E-state index in [-0.39, 0.29) is 28.4 Å². The van der Waals surface area contributed by atoms with E-state index in [1.807, 2.05) is 60.7 Å². The largest absolute Gasteiger partial charge is 1.00 e. The zero-order valence-corrected chi connectivity index (χ0v) is 30.6. The molecule has 2 aliphatic rings. The second kappa shape index (κ2) is 14.0. The maximum Gasteiger partial charge on any atom is 0.356 e. The molecule has 4 aromatic rings. The van der Waals surface area contributed by atoms with E-state index in [4.69, 9.17) is 4.74 Å². The number of benzene rings is 4. The molecule has 0 aliphatic carbocycles. The van der Waals surface area contributed by atoms with Gasteiger partial charge in [-0.3, -0.25) is 14.5 Å². The molecule has 1 unspecified atom stereocenters. The van der Waals surface area contributed by atoms with Gasteiger partial charge < -0.3 is 31.6 Å². The molecule has 2 aliphatic heterocycles. The summed E-state index contributed by atoms with van der Waals surface area (Å²) in [5, 5.41) is 5.12. The van der Waals surface area contributed by atoms with Gasteiger partial charge in [-0.15, -0.1) is 0 Å². The molecule has 1 fully saturated rings. The minimum Gasteiger partial charge on any atom is -1.00 e. The van der Waals surface area contributed by atoms with Gasteiger partial charge in [0, 0.05) is 12.5 Å². The summed E-state index contributed by atoms with van der Waals surface area (Å²) in [4.78, 5) is 42.8. The average molecular weight is 746 g/mol. The number of nitrogens with zero attached hydrogens (tertiary/aromatic N) is 1. The van der Waals surface area contributed by atoms with Crippen molar-refractivity contribution in [3.63, 3.8) is 0 Å². The van der Waals surface area contributed by atoms with E-state index < -0.39 is 52.7 Å². The van der Waals surface area contributed by atoms with Gasteiger partial charge in [0.2, 0.25) is 16.8 Å². The van der Waals surface area contributed by atoms with Crippen molar-refractivity contribution in [3.8, 4) is 0 Å². The Hall–Kier alpha value is -3.75. The zero-order valence-electron chi connectivity index (χ0n) is 27.3. The quantitative estimate of drug-likeness (QED) is 0.128. The number of carbonyl (C=O) groups is 3. The van der Waals surface area contributed by atoms with E-state index in [0.29, 0.717) is 17.3 Å². The summed E-state index contributed by atoms with van der Waals surface area (Å²) in [6.07, 6.45) is 0.361. The molecule has 0 radical (unpaired) electrons. The lowest BCUT2D eigenvalue weighted by molar-refractivity contribution is -0.165. The number of hydrogen-bond acceptors (Lipinski definition) is 5. The van der Waals surface area contributed by atoms with E-state index in [1.54, 1.807) is 45.0 Å². The molecule has 6 rings (SSSR count). The smallest absolute Gasteiger partial charge is 0.356 e. The van der Waals surface area contributed by atoms with Crippen molar-refractivity contribution in [1.29, 1.82) is 0 Å². The number of β-lactam (4-membered cyclic amide) rings is 1. The van der Waals surface area contributed by atoms with E-state index in [1.165, 1.54) is 11.8 Å². The van der Waals surface area contributed by atoms with Crippen molar-refractivity contribution >= 4 is 52.1 Å². The Bertz CT molecular complexity index is 1720. The Kier molecular flexibility index (Phi) is 10.4. The van der Waals surface area contributed by atoms with Crippen LogP contribution in [0.3, 0.4) is 0 Å². The van der Waals surface area contributed by atoms with Gasteiger partial charge in [0.25, 0.3) is 5.91 Å². The van der Waals surface area contributed by atoms with Crippen LogP contribution in [0.2, 0.25) is 0 Å². The molecule has 48 heavy (non-hydrogen) atoms. The van der Waals surface area contributed by atoms with Crippen LogP contribution in [0, 0.1) is 0 Å². The van der Waals surface area contributed by atoms with E-state index in [0.717, 1.165) is 15.9 Å². The first-order valence-corrected chi connectivity index (χ1v) is 18.9. The molecule has 3 atom stereocenters. The van der Waals surface area contributed by atoms with E-state index in [9.17, 15) is 18.9 Å². The molecule has 1 saturated heterocycles. The standard InChI is InChI=1S/C38H37N2O5PS.BrH/c1-27(41)39-38(29-17-9-5-10-18-29)35(43)40-33(34(42)45-37(2,3)4)28(26-47(44)36(38)40)25-46(30-19-11-6-12-20-30,31-21-13-7-14-22-31)32-23-15-8-16-24-32;/h5-24,36H,25-26H2,1-4H3;1H/t36-,38-,47?;/m1./s1. The molecule has 7 nitrogen and oxygen atoms in total. The normalized spacial score (nSPS) is 20.6. The second-order valence-corrected chi connectivity index (χ2v) is 17.8. The summed E-state index contributed by atoms with van der Waals surface area (Å²) in [5.74, 6) is -1.57. The fourth-order valence-electron chi connectivity index (χ4n) is 6.73. The van der Waals surface area contributed by atoms with Gasteiger partial charge in [-0.1, -0.05) is 84.9 Å². The molecule has 1 N–H and O–H groups in total. The molecule has 0 spiro atoms. The number of ether oxygens (including phenoxy) is 1. The van der Waals surface area contributed by atoms with Crippen LogP contribution in [0.5, 0.6) is 0 Å². The van der Waals surface area contributed by atoms with E-state index >= 15 is 0 Å². The molecule has 10 heteroatoms. The molecule has 4 aromatic carbocycles. The first-order valence-electron chi connectivity index (χ1n) is 15.5. The van der Waals surface area contributed by atoms with Gasteiger partial charge in [-0.25, -0.2) is 4.79 Å². The second-order valence-electron chi connectivity index (χ2n) is 12.8. The third-order valence-corrected chi connectivity index (χ3v) is 14.6. The summed E-state index contributed by atoms with van der Waals surface area (Å²) in [6, 6.07) is 39.5. The summed E-state index contributed by atoms with van der Waals surface area (Å²) in [6.45, 7) is 6.67. The first-order chi connectivity index (χ1) is 22.5. The number of amides is 2. The van der Waals surface area contributed by atoms with Crippen molar-refractivity contribution in [2.45, 2.75) is 44.2 Å². The third kappa shape index (κ3) is 6.25. The fourth-order valence-corrected chi connectivity index (χ4v) is 13.1.